The largest absolute Gasteiger partial charge is 0.497 e. The first kappa shape index (κ1) is 36.7. The molecule has 0 bridgehead atoms. The van der Waals surface area contributed by atoms with Gasteiger partial charge in [-0.3, -0.25) is 4.79 Å². The van der Waals surface area contributed by atoms with Gasteiger partial charge >= 0.3 is 6.09 Å². The van der Waals surface area contributed by atoms with Crippen LogP contribution >= 0.6 is 0 Å². The fourth-order valence-electron chi connectivity index (χ4n) is 7.80. The molecule has 1 unspecified atom stereocenters. The smallest absolute Gasteiger partial charge is 0.407 e. The topological polar surface area (TPSA) is 107 Å². The van der Waals surface area contributed by atoms with E-state index in [2.05, 4.69) is 29.6 Å². The van der Waals surface area contributed by atoms with Crippen molar-refractivity contribution in [2.45, 2.75) is 30.4 Å². The predicted octanol–water partition coefficient (Wildman–Crippen LogP) is 7.15. The minimum absolute atomic E-state index is 0.0793. The fraction of sp³-hybridized carbons (Fsp3) is 0.289. The molecular formula is C45H46N2O7. The number of alkyl carbamates (subject to hydrolysis) is 1. The van der Waals surface area contributed by atoms with Crippen LogP contribution in [-0.4, -0.2) is 75.2 Å². The van der Waals surface area contributed by atoms with E-state index in [0.29, 0.717) is 37.4 Å². The van der Waals surface area contributed by atoms with Crippen molar-refractivity contribution in [3.8, 4) is 22.6 Å². The Morgan fingerprint density at radius 3 is 1.74 bits per heavy atom. The highest BCUT2D eigenvalue weighted by Gasteiger charge is 2.40. The zero-order chi connectivity index (χ0) is 37.5. The van der Waals surface area contributed by atoms with Gasteiger partial charge in [-0.1, -0.05) is 103 Å². The van der Waals surface area contributed by atoms with E-state index in [0.717, 1.165) is 38.9 Å². The van der Waals surface area contributed by atoms with Crippen LogP contribution in [0.3, 0.4) is 0 Å². The second kappa shape index (κ2) is 16.6. The Morgan fingerprint density at radius 2 is 1.22 bits per heavy atom. The quantitative estimate of drug-likeness (QED) is 0.124. The molecule has 0 saturated carbocycles. The van der Waals surface area contributed by atoms with Gasteiger partial charge in [0.05, 0.1) is 20.8 Å². The molecule has 2 amide bonds. The second-order valence-corrected chi connectivity index (χ2v) is 13.8. The molecule has 0 spiro atoms. The Labute approximate surface area is 316 Å². The first-order chi connectivity index (χ1) is 26.4. The molecule has 1 aliphatic heterocycles. The van der Waals surface area contributed by atoms with Crippen LogP contribution in [0.5, 0.6) is 11.5 Å². The Bertz CT molecular complexity index is 1930. The molecule has 9 heteroatoms. The van der Waals surface area contributed by atoms with Crippen LogP contribution in [0.2, 0.25) is 0 Å². The van der Waals surface area contributed by atoms with Crippen LogP contribution in [0.15, 0.2) is 127 Å². The molecule has 9 nitrogen and oxygen atoms in total. The van der Waals surface area contributed by atoms with Gasteiger partial charge in [0.2, 0.25) is 5.91 Å². The van der Waals surface area contributed by atoms with E-state index in [-0.39, 0.29) is 37.6 Å². The summed E-state index contributed by atoms with van der Waals surface area (Å²) < 4.78 is 24.0. The van der Waals surface area contributed by atoms with Crippen molar-refractivity contribution in [1.29, 1.82) is 0 Å². The molecule has 7 rings (SSSR count). The van der Waals surface area contributed by atoms with Crippen LogP contribution in [0.25, 0.3) is 11.1 Å². The molecule has 5 aromatic rings. The Hall–Kier alpha value is -5.64. The number of hydrogen-bond donors (Lipinski definition) is 2. The third-order valence-electron chi connectivity index (χ3n) is 10.8. The van der Waals surface area contributed by atoms with Crippen LogP contribution in [0.4, 0.5) is 4.79 Å². The van der Waals surface area contributed by atoms with Crippen LogP contribution in [0.1, 0.15) is 46.6 Å². The number of benzene rings is 5. The highest BCUT2D eigenvalue weighted by Crippen LogP contribution is 2.45. The number of amides is 2. The maximum absolute atomic E-state index is 14.4. The Kier molecular flexibility index (Phi) is 11.3. The average Bonchev–Trinajstić information content (AvgIpc) is 3.56. The molecule has 54 heavy (non-hydrogen) atoms. The molecule has 1 fully saturated rings. The van der Waals surface area contributed by atoms with Gasteiger partial charge in [-0.2, -0.15) is 0 Å². The van der Waals surface area contributed by atoms with E-state index in [1.807, 2.05) is 103 Å². The summed E-state index contributed by atoms with van der Waals surface area (Å²) >= 11 is 0. The SMILES string of the molecule is COc1ccc(C(OCC(NC(=O)OCC2c3ccccc3-c3ccccc32)C(=O)N2CCC(CO)CC2)(c2ccccc2)c2ccc(OC)cc2)cc1. The summed E-state index contributed by atoms with van der Waals surface area (Å²) in [6.45, 7) is 0.947. The third-order valence-corrected chi connectivity index (χ3v) is 10.8. The lowest BCUT2D eigenvalue weighted by atomic mass is 9.80. The number of nitrogens with one attached hydrogen (secondary N) is 1. The van der Waals surface area contributed by atoms with Crippen molar-refractivity contribution in [2.24, 2.45) is 5.92 Å². The van der Waals surface area contributed by atoms with E-state index in [9.17, 15) is 14.7 Å². The highest BCUT2D eigenvalue weighted by molar-refractivity contribution is 5.86. The van der Waals surface area contributed by atoms with E-state index >= 15 is 0 Å². The standard InChI is InChI=1S/C45H46N2O7/c1-51-35-20-16-33(17-21-35)45(32-10-4-3-5-11-32,34-18-22-36(52-2)23-19-34)54-30-42(43(49)47-26-24-31(28-48)25-27-47)46-44(50)53-29-41-39-14-8-6-12-37(39)38-13-7-9-15-40(38)41/h3-23,31,41-42,48H,24-30H2,1-2H3,(H,46,50). The van der Waals surface area contributed by atoms with Gasteiger partial charge < -0.3 is 34.3 Å². The van der Waals surface area contributed by atoms with Crippen LogP contribution in [-0.2, 0) is 19.9 Å². The first-order valence-corrected chi connectivity index (χ1v) is 18.4. The first-order valence-electron chi connectivity index (χ1n) is 18.4. The zero-order valence-corrected chi connectivity index (χ0v) is 30.7. The third kappa shape index (κ3) is 7.42. The molecule has 5 aromatic carbocycles. The molecule has 1 saturated heterocycles. The number of carbonyl (C=O) groups excluding carboxylic acids is 2. The lowest BCUT2D eigenvalue weighted by Gasteiger charge is -2.38. The zero-order valence-electron chi connectivity index (χ0n) is 30.7. The Balaban J connectivity index is 1.20. The second-order valence-electron chi connectivity index (χ2n) is 13.8. The van der Waals surface area contributed by atoms with Crippen molar-refractivity contribution in [3.05, 3.63) is 155 Å². The Morgan fingerprint density at radius 1 is 0.722 bits per heavy atom. The lowest BCUT2D eigenvalue weighted by Crippen LogP contribution is -2.54. The van der Waals surface area contributed by atoms with Gasteiger partial charge in [-0.15, -0.1) is 0 Å². The minimum atomic E-state index is -1.20. The summed E-state index contributed by atoms with van der Waals surface area (Å²) in [5.74, 6) is 1.10. The molecule has 1 heterocycles. The summed E-state index contributed by atoms with van der Waals surface area (Å²) in [7, 11) is 3.24. The minimum Gasteiger partial charge on any atom is -0.497 e. The number of rotatable bonds is 13. The molecule has 0 aromatic heterocycles. The summed E-state index contributed by atoms with van der Waals surface area (Å²) in [5.41, 5.74) is 5.68. The molecule has 278 valence electrons. The molecule has 2 aliphatic rings. The number of aliphatic hydroxyl groups excluding tert-OH is 1. The molecule has 0 radical (unpaired) electrons. The van der Waals surface area contributed by atoms with E-state index in [1.165, 1.54) is 0 Å². The van der Waals surface area contributed by atoms with E-state index in [1.54, 1.807) is 19.1 Å². The number of methoxy groups -OCH3 is 2. The summed E-state index contributed by atoms with van der Waals surface area (Å²) in [5, 5.41) is 12.7. The number of nitrogens with zero attached hydrogens (tertiary/aromatic N) is 1. The fourth-order valence-corrected chi connectivity index (χ4v) is 7.80. The van der Waals surface area contributed by atoms with Crippen molar-refractivity contribution in [1.82, 2.24) is 10.2 Å². The van der Waals surface area contributed by atoms with Crippen molar-refractivity contribution < 1.29 is 33.6 Å². The van der Waals surface area contributed by atoms with Crippen molar-refractivity contribution >= 4 is 12.0 Å². The van der Waals surface area contributed by atoms with Crippen molar-refractivity contribution in [2.75, 3.05) is 47.1 Å². The van der Waals surface area contributed by atoms with Gasteiger partial charge in [0, 0.05) is 25.6 Å². The van der Waals surface area contributed by atoms with Crippen LogP contribution < -0.4 is 14.8 Å². The van der Waals surface area contributed by atoms with Crippen molar-refractivity contribution in [3.63, 3.8) is 0 Å². The number of piperidine rings is 1. The van der Waals surface area contributed by atoms with E-state index in [4.69, 9.17) is 18.9 Å². The highest BCUT2D eigenvalue weighted by atomic mass is 16.6. The normalized spacial score (nSPS) is 14.8. The summed E-state index contributed by atoms with van der Waals surface area (Å²) in [6, 6.07) is 40.4. The van der Waals surface area contributed by atoms with Gasteiger partial charge in [0.25, 0.3) is 0 Å². The summed E-state index contributed by atoms with van der Waals surface area (Å²) in [6.07, 6.45) is 0.641. The monoisotopic (exact) mass is 726 g/mol. The maximum Gasteiger partial charge on any atom is 0.407 e. The maximum atomic E-state index is 14.4. The molecule has 1 aliphatic carbocycles. The molecular weight excluding hydrogens is 681 g/mol. The number of ether oxygens (including phenoxy) is 4. The number of hydrogen-bond acceptors (Lipinski definition) is 7. The van der Waals surface area contributed by atoms with Gasteiger partial charge in [-0.25, -0.2) is 4.79 Å². The summed E-state index contributed by atoms with van der Waals surface area (Å²) in [4.78, 5) is 29.9. The predicted molar refractivity (Wildman–Crippen MR) is 207 cm³/mol. The van der Waals surface area contributed by atoms with Gasteiger partial charge in [-0.05, 0) is 82.0 Å². The molecule has 2 N–H and O–H groups in total. The van der Waals surface area contributed by atoms with Gasteiger partial charge in [0.1, 0.15) is 29.7 Å². The number of fused-ring (bicyclic) bond motifs is 3. The lowest BCUT2D eigenvalue weighted by molar-refractivity contribution is -0.138. The van der Waals surface area contributed by atoms with E-state index < -0.39 is 17.7 Å². The molecule has 1 atom stereocenters. The van der Waals surface area contributed by atoms with Gasteiger partial charge in [0.15, 0.2) is 0 Å². The number of likely N-dealkylation sites (tertiary alicyclic amines) is 1. The average molecular weight is 727 g/mol. The number of aliphatic hydroxyl groups is 1. The van der Waals surface area contributed by atoms with Crippen LogP contribution in [0, 0.1) is 5.92 Å². The number of carbonyl (C=O) groups is 2.